The van der Waals surface area contributed by atoms with Crippen LogP contribution in [0.2, 0.25) is 5.02 Å². The molecule has 1 heterocycles. The molecule has 0 saturated carbocycles. The Balaban J connectivity index is 1.74. The largest absolute Gasteiger partial charge is 0.497 e. The second-order valence-corrected chi connectivity index (χ2v) is 6.57. The molecule has 3 rings (SSSR count). The quantitative estimate of drug-likeness (QED) is 0.665. The lowest BCUT2D eigenvalue weighted by atomic mass is 9.95. The molecule has 0 aliphatic heterocycles. The maximum Gasteiger partial charge on any atom is 0.278 e. The van der Waals surface area contributed by atoms with Gasteiger partial charge in [-0.15, -0.1) is 5.10 Å². The lowest BCUT2D eigenvalue weighted by molar-refractivity contribution is -0.120. The fourth-order valence-electron chi connectivity index (χ4n) is 2.78. The van der Waals surface area contributed by atoms with Crippen molar-refractivity contribution in [2.45, 2.75) is 25.8 Å². The van der Waals surface area contributed by atoms with Gasteiger partial charge in [-0.1, -0.05) is 35.9 Å². The number of fused-ring (bicyclic) bond motifs is 1. The molecule has 7 heteroatoms. The van der Waals surface area contributed by atoms with E-state index in [1.165, 1.54) is 6.07 Å². The van der Waals surface area contributed by atoms with Crippen molar-refractivity contribution in [2.24, 2.45) is 0 Å². The van der Waals surface area contributed by atoms with Gasteiger partial charge in [0.15, 0.2) is 5.78 Å². The Bertz CT molecular complexity index is 999. The van der Waals surface area contributed by atoms with Crippen molar-refractivity contribution in [2.75, 3.05) is 7.11 Å². The summed E-state index contributed by atoms with van der Waals surface area (Å²) >= 11 is 5.93. The van der Waals surface area contributed by atoms with Crippen LogP contribution in [0.1, 0.15) is 24.8 Å². The fourth-order valence-corrected chi connectivity index (χ4v) is 2.95. The van der Waals surface area contributed by atoms with Gasteiger partial charge in [0.2, 0.25) is 0 Å². The van der Waals surface area contributed by atoms with Gasteiger partial charge in [0.25, 0.3) is 5.56 Å². The normalized spacial score (nSPS) is 12.1. The predicted octanol–water partition coefficient (Wildman–Crippen LogP) is 3.22. The monoisotopic (exact) mass is 371 g/mol. The van der Waals surface area contributed by atoms with Crippen molar-refractivity contribution in [1.29, 1.82) is 0 Å². The van der Waals surface area contributed by atoms with Crippen LogP contribution in [0.15, 0.2) is 47.3 Å². The number of halogens is 1. The Labute approximate surface area is 155 Å². The third-order valence-electron chi connectivity index (χ3n) is 4.23. The lowest BCUT2D eigenvalue weighted by Crippen LogP contribution is -2.28. The van der Waals surface area contributed by atoms with E-state index >= 15 is 0 Å². The minimum atomic E-state index is -0.372. The molecule has 0 aliphatic carbocycles. The standard InChI is InChI=1S/C19H18ClN3O3/c1-12(13-3-6-16(26-2)7-4-13)9-15(24)11-23-19(25)17-10-14(20)5-8-18(17)21-22-23/h3-8,10,12H,9,11H2,1-2H3/t12-/m1/s1. The first kappa shape index (κ1) is 18.1. The molecule has 6 nitrogen and oxygen atoms in total. The van der Waals surface area contributed by atoms with Gasteiger partial charge >= 0.3 is 0 Å². The summed E-state index contributed by atoms with van der Waals surface area (Å²) in [6.45, 7) is 1.85. The second kappa shape index (κ2) is 7.66. The number of ketones is 1. The summed E-state index contributed by atoms with van der Waals surface area (Å²) in [5.41, 5.74) is 1.11. The van der Waals surface area contributed by atoms with E-state index in [1.54, 1.807) is 19.2 Å². The van der Waals surface area contributed by atoms with E-state index in [9.17, 15) is 9.59 Å². The zero-order chi connectivity index (χ0) is 18.7. The molecule has 134 valence electrons. The Morgan fingerprint density at radius 3 is 2.65 bits per heavy atom. The number of ether oxygens (including phenoxy) is 1. The number of aromatic nitrogens is 3. The lowest BCUT2D eigenvalue weighted by Gasteiger charge is -2.12. The average Bonchev–Trinajstić information content (AvgIpc) is 2.64. The highest BCUT2D eigenvalue weighted by atomic mass is 35.5. The van der Waals surface area contributed by atoms with Crippen LogP contribution in [0, 0.1) is 0 Å². The van der Waals surface area contributed by atoms with E-state index in [0.29, 0.717) is 22.3 Å². The van der Waals surface area contributed by atoms with Gasteiger partial charge in [0, 0.05) is 11.4 Å². The van der Waals surface area contributed by atoms with Gasteiger partial charge < -0.3 is 4.74 Å². The van der Waals surface area contributed by atoms with Crippen molar-refractivity contribution in [1.82, 2.24) is 15.0 Å². The summed E-state index contributed by atoms with van der Waals surface area (Å²) in [7, 11) is 1.61. The fraction of sp³-hybridized carbons (Fsp3) is 0.263. The molecule has 0 N–H and O–H groups in total. The van der Waals surface area contributed by atoms with E-state index in [2.05, 4.69) is 10.3 Å². The minimum Gasteiger partial charge on any atom is -0.497 e. The summed E-state index contributed by atoms with van der Waals surface area (Å²) in [4.78, 5) is 24.9. The van der Waals surface area contributed by atoms with Crippen LogP contribution >= 0.6 is 11.6 Å². The van der Waals surface area contributed by atoms with E-state index in [-0.39, 0.29) is 23.8 Å². The van der Waals surface area contributed by atoms with Crippen molar-refractivity contribution < 1.29 is 9.53 Å². The summed E-state index contributed by atoms with van der Waals surface area (Å²) < 4.78 is 6.22. The van der Waals surface area contributed by atoms with Gasteiger partial charge in [0.1, 0.15) is 17.8 Å². The molecule has 26 heavy (non-hydrogen) atoms. The maximum atomic E-state index is 12.5. The molecular formula is C19H18ClN3O3. The zero-order valence-corrected chi connectivity index (χ0v) is 15.2. The molecule has 0 saturated heterocycles. The third-order valence-corrected chi connectivity index (χ3v) is 4.46. The van der Waals surface area contributed by atoms with Crippen molar-refractivity contribution in [3.63, 3.8) is 0 Å². The number of nitrogens with zero attached hydrogens (tertiary/aromatic N) is 3. The smallest absolute Gasteiger partial charge is 0.278 e. The number of carbonyl (C=O) groups excluding carboxylic acids is 1. The number of rotatable bonds is 6. The molecule has 0 aliphatic rings. The molecular weight excluding hydrogens is 354 g/mol. The first-order chi connectivity index (χ1) is 12.5. The second-order valence-electron chi connectivity index (χ2n) is 6.13. The first-order valence-electron chi connectivity index (χ1n) is 8.16. The van der Waals surface area contributed by atoms with Crippen LogP contribution in [0.4, 0.5) is 0 Å². The van der Waals surface area contributed by atoms with Crippen LogP contribution < -0.4 is 10.3 Å². The zero-order valence-electron chi connectivity index (χ0n) is 14.5. The Morgan fingerprint density at radius 1 is 1.23 bits per heavy atom. The SMILES string of the molecule is COc1ccc([C@H](C)CC(=O)Cn2nnc3ccc(Cl)cc3c2=O)cc1. The highest BCUT2D eigenvalue weighted by molar-refractivity contribution is 6.31. The van der Waals surface area contributed by atoms with Gasteiger partial charge in [0.05, 0.1) is 12.5 Å². The molecule has 0 radical (unpaired) electrons. The number of hydrogen-bond acceptors (Lipinski definition) is 5. The number of benzene rings is 2. The highest BCUT2D eigenvalue weighted by Crippen LogP contribution is 2.22. The van der Waals surface area contributed by atoms with Crippen molar-refractivity contribution >= 4 is 28.3 Å². The molecule has 0 spiro atoms. The average molecular weight is 372 g/mol. The number of carbonyl (C=O) groups is 1. The maximum absolute atomic E-state index is 12.5. The molecule has 1 atom stereocenters. The summed E-state index contributed by atoms with van der Waals surface area (Å²) in [6, 6.07) is 12.4. The molecule has 0 fully saturated rings. The van der Waals surface area contributed by atoms with Crippen LogP contribution in [-0.2, 0) is 11.3 Å². The topological polar surface area (TPSA) is 74.1 Å². The Hall–Kier alpha value is -2.73. The van der Waals surface area contributed by atoms with Crippen molar-refractivity contribution in [3.05, 3.63) is 63.4 Å². The van der Waals surface area contributed by atoms with Gasteiger partial charge in [-0.2, -0.15) is 0 Å². The van der Waals surface area contributed by atoms with Gasteiger partial charge in [-0.05, 0) is 41.8 Å². The first-order valence-corrected chi connectivity index (χ1v) is 8.54. The molecule has 0 bridgehead atoms. The number of Topliss-reactive ketones (excluding diaryl/α,β-unsaturated/α-hetero) is 1. The summed E-state index contributed by atoms with van der Waals surface area (Å²) in [6.07, 6.45) is 0.300. The Morgan fingerprint density at radius 2 is 1.96 bits per heavy atom. The molecule has 2 aromatic carbocycles. The molecule has 1 aromatic heterocycles. The van der Waals surface area contributed by atoms with Gasteiger partial charge in [-0.3, -0.25) is 9.59 Å². The molecule has 3 aromatic rings. The van der Waals surface area contributed by atoms with Crippen LogP contribution in [0.3, 0.4) is 0 Å². The highest BCUT2D eigenvalue weighted by Gasteiger charge is 2.14. The van der Waals surface area contributed by atoms with Crippen LogP contribution in [-0.4, -0.2) is 27.9 Å². The Kier molecular flexibility index (Phi) is 5.32. The van der Waals surface area contributed by atoms with E-state index in [1.807, 2.05) is 31.2 Å². The van der Waals surface area contributed by atoms with E-state index < -0.39 is 0 Å². The predicted molar refractivity (Wildman–Crippen MR) is 99.8 cm³/mol. The van der Waals surface area contributed by atoms with Gasteiger partial charge in [-0.25, -0.2) is 4.68 Å². The summed E-state index contributed by atoms with van der Waals surface area (Å²) in [5, 5.41) is 8.62. The van der Waals surface area contributed by atoms with E-state index in [4.69, 9.17) is 16.3 Å². The van der Waals surface area contributed by atoms with Crippen molar-refractivity contribution in [3.8, 4) is 5.75 Å². The van der Waals surface area contributed by atoms with Crippen LogP contribution in [0.5, 0.6) is 5.75 Å². The summed E-state index contributed by atoms with van der Waals surface area (Å²) in [5.74, 6) is 0.696. The molecule has 0 amide bonds. The number of methoxy groups -OCH3 is 1. The molecule has 0 unspecified atom stereocenters. The third kappa shape index (κ3) is 3.91. The van der Waals surface area contributed by atoms with E-state index in [0.717, 1.165) is 16.0 Å². The van der Waals surface area contributed by atoms with Crippen LogP contribution in [0.25, 0.3) is 10.9 Å². The number of hydrogen-bond donors (Lipinski definition) is 0. The minimum absolute atomic E-state index is 0.0203.